The first-order valence-electron chi connectivity index (χ1n) is 10.6. The summed E-state index contributed by atoms with van der Waals surface area (Å²) in [5.74, 6) is 1.62. The van der Waals surface area contributed by atoms with Crippen LogP contribution in [0.3, 0.4) is 0 Å². The Hall–Kier alpha value is -3.27. The van der Waals surface area contributed by atoms with Gasteiger partial charge in [0.2, 0.25) is 0 Å². The van der Waals surface area contributed by atoms with Gasteiger partial charge >= 0.3 is 0 Å². The van der Waals surface area contributed by atoms with E-state index in [4.69, 9.17) is 14.6 Å². The van der Waals surface area contributed by atoms with E-state index >= 15 is 0 Å². The minimum absolute atomic E-state index is 0.657. The maximum Gasteiger partial charge on any atom is 0.131 e. The van der Waals surface area contributed by atoms with Crippen molar-refractivity contribution < 1.29 is 9.47 Å². The van der Waals surface area contributed by atoms with Crippen LogP contribution in [0.2, 0.25) is 0 Å². The maximum absolute atomic E-state index is 5.97. The fraction of sp³-hybridized carbons (Fsp3) is 0.269. The Bertz CT molecular complexity index is 911. The van der Waals surface area contributed by atoms with E-state index in [0.717, 1.165) is 35.6 Å². The molecule has 0 N–H and O–H groups in total. The molecule has 0 fully saturated rings. The van der Waals surface area contributed by atoms with Crippen LogP contribution >= 0.6 is 0 Å². The SMILES string of the molecule is CCCOc1ccc(/C=N/N(Cc2ccccc2)c2ccccc2)c(OCCC)c1. The summed E-state index contributed by atoms with van der Waals surface area (Å²) in [5.41, 5.74) is 3.17. The molecule has 156 valence electrons. The van der Waals surface area contributed by atoms with E-state index in [-0.39, 0.29) is 0 Å². The van der Waals surface area contributed by atoms with E-state index in [0.29, 0.717) is 19.8 Å². The lowest BCUT2D eigenvalue weighted by Gasteiger charge is -2.19. The predicted octanol–water partition coefficient (Wildman–Crippen LogP) is 6.30. The number of hydrazone groups is 1. The third kappa shape index (κ3) is 6.38. The number of ether oxygens (including phenoxy) is 2. The molecule has 0 aliphatic carbocycles. The Kier molecular flexibility index (Phi) is 8.34. The monoisotopic (exact) mass is 402 g/mol. The summed E-state index contributed by atoms with van der Waals surface area (Å²) in [6, 6.07) is 26.5. The van der Waals surface area contributed by atoms with Gasteiger partial charge in [0.25, 0.3) is 0 Å². The molecule has 4 heteroatoms. The number of rotatable bonds is 11. The summed E-state index contributed by atoms with van der Waals surface area (Å²) in [4.78, 5) is 0. The largest absolute Gasteiger partial charge is 0.493 e. The van der Waals surface area contributed by atoms with Gasteiger partial charge in [0.05, 0.1) is 31.7 Å². The Morgan fingerprint density at radius 2 is 1.47 bits per heavy atom. The topological polar surface area (TPSA) is 34.1 Å². The lowest BCUT2D eigenvalue weighted by molar-refractivity contribution is 0.301. The van der Waals surface area contributed by atoms with Crippen molar-refractivity contribution in [2.45, 2.75) is 33.2 Å². The van der Waals surface area contributed by atoms with Gasteiger partial charge in [0, 0.05) is 11.6 Å². The first-order chi connectivity index (χ1) is 14.8. The highest BCUT2D eigenvalue weighted by atomic mass is 16.5. The van der Waals surface area contributed by atoms with Gasteiger partial charge in [-0.05, 0) is 42.7 Å². The van der Waals surface area contributed by atoms with Gasteiger partial charge in [-0.1, -0.05) is 62.4 Å². The van der Waals surface area contributed by atoms with Gasteiger partial charge < -0.3 is 9.47 Å². The molecule has 0 unspecified atom stereocenters. The minimum Gasteiger partial charge on any atom is -0.493 e. The van der Waals surface area contributed by atoms with Crippen LogP contribution in [-0.2, 0) is 6.54 Å². The highest BCUT2D eigenvalue weighted by Crippen LogP contribution is 2.25. The van der Waals surface area contributed by atoms with Gasteiger partial charge in [-0.15, -0.1) is 0 Å². The van der Waals surface area contributed by atoms with Crippen molar-refractivity contribution in [2.75, 3.05) is 18.2 Å². The standard InChI is InChI=1S/C26H30N2O2/c1-3-17-29-25-16-15-23(26(19-25)30-18-4-2)20-27-28(24-13-9-6-10-14-24)21-22-11-7-5-8-12-22/h5-16,19-20H,3-4,17-18,21H2,1-2H3/b27-20+. The summed E-state index contributed by atoms with van der Waals surface area (Å²) >= 11 is 0. The molecule has 0 bridgehead atoms. The second-order valence-corrected chi connectivity index (χ2v) is 7.02. The van der Waals surface area contributed by atoms with E-state index in [1.165, 1.54) is 5.56 Å². The molecule has 0 saturated carbocycles. The second kappa shape index (κ2) is 11.7. The molecular formula is C26H30N2O2. The molecule has 30 heavy (non-hydrogen) atoms. The maximum atomic E-state index is 5.97. The van der Waals surface area contributed by atoms with Crippen LogP contribution in [0.15, 0.2) is 84.0 Å². The number of hydrogen-bond acceptors (Lipinski definition) is 4. The van der Waals surface area contributed by atoms with E-state index in [1.54, 1.807) is 0 Å². The smallest absolute Gasteiger partial charge is 0.131 e. The van der Waals surface area contributed by atoms with E-state index < -0.39 is 0 Å². The van der Waals surface area contributed by atoms with Crippen molar-refractivity contribution in [3.63, 3.8) is 0 Å². The normalized spacial score (nSPS) is 10.9. The molecule has 0 saturated heterocycles. The van der Waals surface area contributed by atoms with Crippen molar-refractivity contribution in [2.24, 2.45) is 5.10 Å². The fourth-order valence-corrected chi connectivity index (χ4v) is 2.96. The summed E-state index contributed by atoms with van der Waals surface area (Å²) in [6.45, 7) is 6.23. The number of anilines is 1. The highest BCUT2D eigenvalue weighted by molar-refractivity contribution is 5.84. The zero-order valence-corrected chi connectivity index (χ0v) is 17.8. The van der Waals surface area contributed by atoms with Crippen molar-refractivity contribution in [1.29, 1.82) is 0 Å². The van der Waals surface area contributed by atoms with Crippen LogP contribution in [0, 0.1) is 0 Å². The van der Waals surface area contributed by atoms with E-state index in [2.05, 4.69) is 38.1 Å². The van der Waals surface area contributed by atoms with Crippen LogP contribution in [0.1, 0.15) is 37.8 Å². The van der Waals surface area contributed by atoms with E-state index in [1.807, 2.05) is 65.8 Å². The summed E-state index contributed by atoms with van der Waals surface area (Å²) in [7, 11) is 0. The second-order valence-electron chi connectivity index (χ2n) is 7.02. The molecule has 4 nitrogen and oxygen atoms in total. The van der Waals surface area contributed by atoms with Crippen LogP contribution < -0.4 is 14.5 Å². The fourth-order valence-electron chi connectivity index (χ4n) is 2.96. The molecule has 3 aromatic rings. The minimum atomic E-state index is 0.657. The molecule has 0 amide bonds. The zero-order chi connectivity index (χ0) is 21.0. The lowest BCUT2D eigenvalue weighted by Crippen LogP contribution is -2.16. The van der Waals surface area contributed by atoms with Gasteiger partial charge in [0.15, 0.2) is 0 Å². The van der Waals surface area contributed by atoms with Gasteiger partial charge in [0.1, 0.15) is 11.5 Å². The number of hydrogen-bond donors (Lipinski definition) is 0. The molecule has 0 aliphatic rings. The van der Waals surface area contributed by atoms with Crippen molar-refractivity contribution in [3.8, 4) is 11.5 Å². The molecule has 0 atom stereocenters. The van der Waals surface area contributed by atoms with Crippen LogP contribution in [0.25, 0.3) is 0 Å². The quantitative estimate of drug-likeness (QED) is 0.279. The average Bonchev–Trinajstić information content (AvgIpc) is 2.80. The summed E-state index contributed by atoms with van der Waals surface area (Å²) < 4.78 is 11.7. The number of nitrogens with zero attached hydrogens (tertiary/aromatic N) is 2. The summed E-state index contributed by atoms with van der Waals surface area (Å²) in [6.07, 6.45) is 3.78. The highest BCUT2D eigenvalue weighted by Gasteiger charge is 2.08. The Labute approximate surface area is 179 Å². The summed E-state index contributed by atoms with van der Waals surface area (Å²) in [5, 5.41) is 6.81. The predicted molar refractivity (Wildman–Crippen MR) is 125 cm³/mol. The average molecular weight is 403 g/mol. The van der Waals surface area contributed by atoms with Crippen molar-refractivity contribution in [1.82, 2.24) is 0 Å². The third-order valence-corrected chi connectivity index (χ3v) is 4.49. The van der Waals surface area contributed by atoms with E-state index in [9.17, 15) is 0 Å². The molecule has 0 heterocycles. The molecule has 0 spiro atoms. The molecule has 0 aromatic heterocycles. The number of benzene rings is 3. The molecule has 0 radical (unpaired) electrons. The molecule has 0 aliphatic heterocycles. The van der Waals surface area contributed by atoms with Crippen LogP contribution in [0.5, 0.6) is 11.5 Å². The van der Waals surface area contributed by atoms with Gasteiger partial charge in [-0.25, -0.2) is 0 Å². The van der Waals surface area contributed by atoms with Gasteiger partial charge in [-0.3, -0.25) is 5.01 Å². The number of para-hydroxylation sites is 1. The Balaban J connectivity index is 1.86. The van der Waals surface area contributed by atoms with Gasteiger partial charge in [-0.2, -0.15) is 5.10 Å². The Morgan fingerprint density at radius 3 is 2.17 bits per heavy atom. The molecule has 3 rings (SSSR count). The lowest BCUT2D eigenvalue weighted by atomic mass is 10.2. The first kappa shape index (κ1) is 21.4. The van der Waals surface area contributed by atoms with Crippen molar-refractivity contribution in [3.05, 3.63) is 90.0 Å². The van der Waals surface area contributed by atoms with Crippen LogP contribution in [-0.4, -0.2) is 19.4 Å². The zero-order valence-electron chi connectivity index (χ0n) is 17.8. The Morgan fingerprint density at radius 1 is 0.800 bits per heavy atom. The van der Waals surface area contributed by atoms with Crippen LogP contribution in [0.4, 0.5) is 5.69 Å². The van der Waals surface area contributed by atoms with Crippen molar-refractivity contribution >= 4 is 11.9 Å². The third-order valence-electron chi connectivity index (χ3n) is 4.49. The molecular weight excluding hydrogens is 372 g/mol. The molecule has 3 aromatic carbocycles. The first-order valence-corrected chi connectivity index (χ1v) is 10.6.